The molecule has 2 atom stereocenters. The van der Waals surface area contributed by atoms with Crippen LogP contribution >= 0.6 is 0 Å². The number of hydrogen-bond donors (Lipinski definition) is 0. The minimum absolute atomic E-state index is 0.130. The van der Waals surface area contributed by atoms with Gasteiger partial charge in [0.15, 0.2) is 0 Å². The number of nitriles is 1. The van der Waals surface area contributed by atoms with Crippen LogP contribution in [0, 0.1) is 31.1 Å². The smallest absolute Gasteiger partial charge is 0.264 e. The van der Waals surface area contributed by atoms with Crippen LogP contribution in [0.15, 0.2) is 11.6 Å². The lowest BCUT2D eigenvalue weighted by molar-refractivity contribution is -0.128. The number of aryl methyl sites for hydroxylation is 1. The van der Waals surface area contributed by atoms with Gasteiger partial charge in [0.2, 0.25) is 0 Å². The van der Waals surface area contributed by atoms with Gasteiger partial charge >= 0.3 is 0 Å². The van der Waals surface area contributed by atoms with E-state index in [1.807, 2.05) is 4.90 Å². The zero-order chi connectivity index (χ0) is 22.5. The van der Waals surface area contributed by atoms with Gasteiger partial charge in [0.25, 0.3) is 5.91 Å². The third-order valence-electron chi connectivity index (χ3n) is 6.62. The Balaban J connectivity index is 1.60. The maximum absolute atomic E-state index is 13.0. The van der Waals surface area contributed by atoms with Gasteiger partial charge in [-0.05, 0) is 70.6 Å². The molecule has 170 valence electrons. The van der Waals surface area contributed by atoms with Gasteiger partial charge in [0.05, 0.1) is 12.2 Å². The van der Waals surface area contributed by atoms with Crippen LogP contribution in [0.1, 0.15) is 57.0 Å². The number of likely N-dealkylation sites (tertiary alicyclic amines) is 1. The van der Waals surface area contributed by atoms with Gasteiger partial charge in [-0.3, -0.25) is 9.69 Å². The van der Waals surface area contributed by atoms with Crippen molar-refractivity contribution < 1.29 is 9.53 Å². The van der Waals surface area contributed by atoms with E-state index in [-0.39, 0.29) is 23.7 Å². The van der Waals surface area contributed by atoms with Crippen molar-refractivity contribution in [2.45, 2.75) is 72.6 Å². The molecule has 2 unspecified atom stereocenters. The lowest BCUT2D eigenvalue weighted by Gasteiger charge is -2.39. The van der Waals surface area contributed by atoms with Crippen LogP contribution in [0.3, 0.4) is 0 Å². The maximum Gasteiger partial charge on any atom is 0.264 e. The van der Waals surface area contributed by atoms with Gasteiger partial charge in [0.1, 0.15) is 11.6 Å². The molecular formula is C25H38N4O2. The summed E-state index contributed by atoms with van der Waals surface area (Å²) in [5, 5.41) is 9.69. The second-order valence-electron chi connectivity index (χ2n) is 9.36. The van der Waals surface area contributed by atoms with Crippen molar-refractivity contribution in [1.29, 1.82) is 5.26 Å². The number of morpholine rings is 1. The molecule has 0 saturated carbocycles. The Morgan fingerprint density at radius 2 is 1.87 bits per heavy atom. The number of piperidine rings is 1. The SMILES string of the molecule is CCCn1c(C)cc(/C=C(\C#N)C(=O)N2CCC(CN3CC(C)OC(C)C3)CC2)c1C. The summed E-state index contributed by atoms with van der Waals surface area (Å²) in [5.74, 6) is 0.471. The van der Waals surface area contributed by atoms with Crippen LogP contribution in [-0.2, 0) is 16.1 Å². The quantitative estimate of drug-likeness (QED) is 0.513. The van der Waals surface area contributed by atoms with Crippen LogP contribution in [-0.4, -0.2) is 65.2 Å². The summed E-state index contributed by atoms with van der Waals surface area (Å²) in [4.78, 5) is 17.4. The Kier molecular flexibility index (Phi) is 7.96. The molecule has 0 aliphatic carbocycles. The minimum atomic E-state index is -0.130. The lowest BCUT2D eigenvalue weighted by Crippen LogP contribution is -2.48. The highest BCUT2D eigenvalue weighted by Crippen LogP contribution is 2.23. The Morgan fingerprint density at radius 3 is 2.45 bits per heavy atom. The molecule has 6 heteroatoms. The summed E-state index contributed by atoms with van der Waals surface area (Å²) >= 11 is 0. The van der Waals surface area contributed by atoms with Crippen molar-refractivity contribution in [2.24, 2.45) is 5.92 Å². The normalized spacial score (nSPS) is 23.7. The third-order valence-corrected chi connectivity index (χ3v) is 6.62. The maximum atomic E-state index is 13.0. The fourth-order valence-corrected chi connectivity index (χ4v) is 5.13. The van der Waals surface area contributed by atoms with Crippen molar-refractivity contribution >= 4 is 12.0 Å². The highest BCUT2D eigenvalue weighted by atomic mass is 16.5. The van der Waals surface area contributed by atoms with E-state index in [9.17, 15) is 10.1 Å². The standard InChI is InChI=1S/C25H38N4O2/c1-6-9-29-18(2)12-23(21(29)5)13-24(14-26)25(30)28-10-7-22(8-11-28)17-27-15-19(3)31-20(4)16-27/h12-13,19-20,22H,6-11,15-17H2,1-5H3/b24-13+. The second-order valence-corrected chi connectivity index (χ2v) is 9.36. The Labute approximate surface area is 187 Å². The second kappa shape index (κ2) is 10.5. The third kappa shape index (κ3) is 5.78. The van der Waals surface area contributed by atoms with Crippen LogP contribution in [0.2, 0.25) is 0 Å². The van der Waals surface area contributed by atoms with E-state index >= 15 is 0 Å². The van der Waals surface area contributed by atoms with Crippen LogP contribution < -0.4 is 0 Å². The van der Waals surface area contributed by atoms with Gasteiger partial charge < -0.3 is 14.2 Å². The van der Waals surface area contributed by atoms with Crippen molar-refractivity contribution in [1.82, 2.24) is 14.4 Å². The molecular weight excluding hydrogens is 388 g/mol. The number of nitrogens with zero attached hydrogens (tertiary/aromatic N) is 4. The summed E-state index contributed by atoms with van der Waals surface area (Å²) in [7, 11) is 0. The van der Waals surface area contributed by atoms with Crippen molar-refractivity contribution in [3.8, 4) is 6.07 Å². The first-order valence-electron chi connectivity index (χ1n) is 11.8. The molecule has 0 spiro atoms. The lowest BCUT2D eigenvalue weighted by atomic mass is 9.95. The van der Waals surface area contributed by atoms with Crippen LogP contribution in [0.4, 0.5) is 0 Å². The molecule has 1 amide bonds. The first-order chi connectivity index (χ1) is 14.8. The summed E-state index contributed by atoms with van der Waals surface area (Å²) in [5.41, 5.74) is 3.50. The average Bonchev–Trinajstić information content (AvgIpc) is 2.99. The predicted octanol–water partition coefficient (Wildman–Crippen LogP) is 3.77. The Hall–Kier alpha value is -2.10. The fourth-order valence-electron chi connectivity index (χ4n) is 5.13. The number of rotatable bonds is 6. The molecule has 2 aliphatic heterocycles. The van der Waals surface area contributed by atoms with Gasteiger partial charge in [-0.1, -0.05) is 6.92 Å². The number of carbonyl (C=O) groups is 1. The van der Waals surface area contributed by atoms with Crippen LogP contribution in [0.25, 0.3) is 6.08 Å². The molecule has 0 radical (unpaired) electrons. The molecule has 2 fully saturated rings. The van der Waals surface area contributed by atoms with Gasteiger partial charge in [-0.15, -0.1) is 0 Å². The highest BCUT2D eigenvalue weighted by Gasteiger charge is 2.29. The van der Waals surface area contributed by atoms with Crippen molar-refractivity contribution in [2.75, 3.05) is 32.7 Å². The van der Waals surface area contributed by atoms with E-state index in [1.54, 1.807) is 6.08 Å². The molecule has 6 nitrogen and oxygen atoms in total. The number of ether oxygens (including phenoxy) is 1. The molecule has 31 heavy (non-hydrogen) atoms. The summed E-state index contributed by atoms with van der Waals surface area (Å²) in [6.45, 7) is 16.0. The van der Waals surface area contributed by atoms with E-state index in [0.29, 0.717) is 5.92 Å². The Bertz CT molecular complexity index is 832. The average molecular weight is 427 g/mol. The van der Waals surface area contributed by atoms with Crippen molar-refractivity contribution in [3.05, 3.63) is 28.6 Å². The van der Waals surface area contributed by atoms with E-state index in [2.05, 4.69) is 56.2 Å². The topological polar surface area (TPSA) is 61.5 Å². The molecule has 1 aromatic heterocycles. The van der Waals surface area contributed by atoms with Crippen molar-refractivity contribution in [3.63, 3.8) is 0 Å². The summed E-state index contributed by atoms with van der Waals surface area (Å²) < 4.78 is 8.09. The van der Waals surface area contributed by atoms with Crippen LogP contribution in [0.5, 0.6) is 0 Å². The molecule has 2 aliphatic rings. The molecule has 1 aromatic rings. The first kappa shape index (κ1) is 23.6. The molecule has 0 bridgehead atoms. The number of amides is 1. The Morgan fingerprint density at radius 1 is 1.23 bits per heavy atom. The monoisotopic (exact) mass is 426 g/mol. The number of hydrogen-bond acceptors (Lipinski definition) is 4. The number of carbonyl (C=O) groups excluding carboxylic acids is 1. The van der Waals surface area contributed by atoms with E-state index in [0.717, 1.165) is 69.8 Å². The fraction of sp³-hybridized carbons (Fsp3) is 0.680. The predicted molar refractivity (Wildman–Crippen MR) is 124 cm³/mol. The van der Waals surface area contributed by atoms with E-state index < -0.39 is 0 Å². The molecule has 3 heterocycles. The van der Waals surface area contributed by atoms with Gasteiger partial charge in [0, 0.05) is 50.7 Å². The van der Waals surface area contributed by atoms with Gasteiger partial charge in [-0.2, -0.15) is 5.26 Å². The zero-order valence-electron chi connectivity index (χ0n) is 19.9. The molecule has 3 rings (SSSR count). The van der Waals surface area contributed by atoms with E-state index in [4.69, 9.17) is 4.74 Å². The summed E-state index contributed by atoms with van der Waals surface area (Å²) in [6.07, 6.45) is 5.40. The molecule has 2 saturated heterocycles. The number of aromatic nitrogens is 1. The molecule has 0 aromatic carbocycles. The summed E-state index contributed by atoms with van der Waals surface area (Å²) in [6, 6.07) is 4.24. The first-order valence-corrected chi connectivity index (χ1v) is 11.8. The zero-order valence-corrected chi connectivity index (χ0v) is 19.9. The van der Waals surface area contributed by atoms with E-state index in [1.165, 1.54) is 5.69 Å². The molecule has 0 N–H and O–H groups in total. The van der Waals surface area contributed by atoms with Gasteiger partial charge in [-0.25, -0.2) is 0 Å². The highest BCUT2D eigenvalue weighted by molar-refractivity contribution is 6.01. The largest absolute Gasteiger partial charge is 0.373 e. The minimum Gasteiger partial charge on any atom is -0.373 e.